The van der Waals surface area contributed by atoms with Gasteiger partial charge in [0.15, 0.2) is 0 Å². The van der Waals surface area contributed by atoms with Gasteiger partial charge in [-0.25, -0.2) is 0 Å². The van der Waals surface area contributed by atoms with E-state index in [0.29, 0.717) is 0 Å². The van der Waals surface area contributed by atoms with E-state index in [9.17, 15) is 4.79 Å². The molecule has 0 heterocycles. The summed E-state index contributed by atoms with van der Waals surface area (Å²) in [4.78, 5) is 10.5. The van der Waals surface area contributed by atoms with Crippen molar-refractivity contribution in [3.63, 3.8) is 0 Å². The molecule has 8 heavy (non-hydrogen) atoms. The van der Waals surface area contributed by atoms with Crippen molar-refractivity contribution in [3.8, 4) is 0 Å². The zero-order valence-corrected chi connectivity index (χ0v) is 6.40. The molecule has 2 heteroatoms. The molecule has 0 spiro atoms. The van der Waals surface area contributed by atoms with Crippen molar-refractivity contribution in [2.75, 3.05) is 0 Å². The number of carbonyl (C=O) groups excluding carboxylic acids is 1. The molecular weight excluding hydrogens is 116 g/mol. The maximum absolute atomic E-state index is 10.5. The van der Waals surface area contributed by atoms with Gasteiger partial charge in [0.05, 0.1) is 0 Å². The molecule has 0 saturated heterocycles. The van der Waals surface area contributed by atoms with Crippen molar-refractivity contribution in [2.45, 2.75) is 26.7 Å². The Hall–Kier alpha value is -0.113. The average Bonchev–Trinajstić information content (AvgIpc) is 1.69. The van der Waals surface area contributed by atoms with Crippen LogP contribution in [0.2, 0.25) is 0 Å². The summed E-state index contributed by atoms with van der Waals surface area (Å²) in [5.41, 5.74) is 0. The van der Waals surface area contributed by atoms with Crippen LogP contribution in [-0.2, 0) is 4.79 Å². The fourth-order valence-electron chi connectivity index (χ4n) is 0.659. The van der Waals surface area contributed by atoms with Crippen LogP contribution in [0.25, 0.3) is 0 Å². The Morgan fingerprint density at radius 2 is 1.88 bits per heavy atom. The van der Waals surface area contributed by atoms with E-state index in [2.05, 4.69) is 10.2 Å². The molecule has 0 aromatic heterocycles. The molecule has 0 atom stereocenters. The minimum absolute atomic E-state index is 0.134. The van der Waals surface area contributed by atoms with Crippen molar-refractivity contribution < 1.29 is 4.79 Å². The summed E-state index contributed by atoms with van der Waals surface area (Å²) < 4.78 is 0. The molecule has 0 aromatic carbocycles. The van der Waals surface area contributed by atoms with E-state index in [0.717, 1.165) is 12.8 Å². The lowest BCUT2D eigenvalue weighted by Gasteiger charge is -2.04. The lowest BCUT2D eigenvalue weighted by molar-refractivity contribution is -0.115. The third-order valence-electron chi connectivity index (χ3n) is 1.36. The van der Waals surface area contributed by atoms with E-state index in [4.69, 9.17) is 0 Å². The van der Waals surface area contributed by atoms with E-state index in [-0.39, 0.29) is 11.3 Å². The fraction of sp³-hybridized carbons (Fsp3) is 0.833. The minimum Gasteiger partial charge on any atom is -0.306 e. The molecule has 0 unspecified atom stereocenters. The van der Waals surface area contributed by atoms with Crippen molar-refractivity contribution in [2.24, 2.45) is 5.92 Å². The number of hydrogen-bond acceptors (Lipinski definition) is 1. The molecule has 0 amide bonds. The van der Waals surface area contributed by atoms with E-state index in [1.54, 1.807) is 0 Å². The fourth-order valence-corrected chi connectivity index (χ4v) is 1.07. The van der Waals surface area contributed by atoms with Gasteiger partial charge in [0.1, 0.15) is 15.6 Å². The van der Waals surface area contributed by atoms with E-state index >= 15 is 0 Å². The van der Waals surface area contributed by atoms with Crippen LogP contribution in [0.1, 0.15) is 26.7 Å². The summed E-state index contributed by atoms with van der Waals surface area (Å²) in [6, 6.07) is 0. The van der Waals surface area contributed by atoms with Gasteiger partial charge in [-0.2, -0.15) is 0 Å². The smallest absolute Gasteiger partial charge is 0.126 e. The zero-order chi connectivity index (χ0) is 6.57. The second-order valence-corrected chi connectivity index (χ2v) is 2.37. The minimum atomic E-state index is 0.134. The van der Waals surface area contributed by atoms with Crippen LogP contribution >= 0.6 is 0 Å². The maximum atomic E-state index is 10.5. The van der Waals surface area contributed by atoms with Gasteiger partial charge in [-0.3, -0.25) is 0 Å². The van der Waals surface area contributed by atoms with Gasteiger partial charge < -0.3 is 4.79 Å². The SMILES string of the molecule is CCC(CC)C(=O)[Si]. The van der Waals surface area contributed by atoms with Crippen LogP contribution in [-0.4, -0.2) is 15.6 Å². The molecule has 0 N–H and O–H groups in total. The summed E-state index contributed by atoms with van der Waals surface area (Å²) in [6.45, 7) is 4.04. The van der Waals surface area contributed by atoms with Gasteiger partial charge in [-0.15, -0.1) is 0 Å². The molecule has 1 nitrogen and oxygen atoms in total. The van der Waals surface area contributed by atoms with Crippen LogP contribution in [0, 0.1) is 5.92 Å². The Labute approximate surface area is 53.9 Å². The second kappa shape index (κ2) is 3.84. The van der Waals surface area contributed by atoms with Gasteiger partial charge >= 0.3 is 0 Å². The van der Waals surface area contributed by atoms with Crippen LogP contribution in [0.15, 0.2) is 0 Å². The Balaban J connectivity index is 3.52. The largest absolute Gasteiger partial charge is 0.306 e. The predicted molar refractivity (Wildman–Crippen MR) is 34.8 cm³/mol. The summed E-state index contributed by atoms with van der Waals surface area (Å²) in [7, 11) is 2.97. The molecule has 0 aliphatic heterocycles. The molecular formula is C6H11OSi. The second-order valence-electron chi connectivity index (χ2n) is 1.88. The highest BCUT2D eigenvalue weighted by atomic mass is 28.1. The Morgan fingerprint density at radius 3 is 1.88 bits per heavy atom. The van der Waals surface area contributed by atoms with Crippen LogP contribution in [0.4, 0.5) is 0 Å². The van der Waals surface area contributed by atoms with Crippen LogP contribution in [0.5, 0.6) is 0 Å². The summed E-state index contributed by atoms with van der Waals surface area (Å²) in [5.74, 6) is 0.228. The van der Waals surface area contributed by atoms with Crippen molar-refractivity contribution in [1.29, 1.82) is 0 Å². The van der Waals surface area contributed by atoms with Crippen molar-refractivity contribution in [3.05, 3.63) is 0 Å². The summed E-state index contributed by atoms with van der Waals surface area (Å²) in [5, 5.41) is 0.134. The highest BCUT2D eigenvalue weighted by Gasteiger charge is 2.06. The standard InChI is InChI=1S/C6H11OSi/c1-3-5(4-2)6(7)8/h5H,3-4H2,1-2H3. The molecule has 0 rings (SSSR count). The van der Waals surface area contributed by atoms with Crippen LogP contribution < -0.4 is 0 Å². The maximum Gasteiger partial charge on any atom is 0.126 e. The normalized spacial score (nSPS) is 10.0. The molecule has 0 saturated carbocycles. The highest BCUT2D eigenvalue weighted by Crippen LogP contribution is 2.05. The summed E-state index contributed by atoms with van der Waals surface area (Å²) >= 11 is 0. The lowest BCUT2D eigenvalue weighted by Crippen LogP contribution is -2.11. The third-order valence-corrected chi connectivity index (χ3v) is 1.76. The molecule has 0 aromatic rings. The first-order chi connectivity index (χ1) is 3.72. The highest BCUT2D eigenvalue weighted by molar-refractivity contribution is 6.58. The molecule has 3 radical (unpaired) electrons. The van der Waals surface area contributed by atoms with Crippen LogP contribution in [0.3, 0.4) is 0 Å². The first-order valence-corrected chi connectivity index (χ1v) is 3.47. The first-order valence-electron chi connectivity index (χ1n) is 2.97. The van der Waals surface area contributed by atoms with Gasteiger partial charge in [-0.05, 0) is 12.8 Å². The Bertz CT molecular complexity index is 76.6. The quantitative estimate of drug-likeness (QED) is 0.519. The topological polar surface area (TPSA) is 17.1 Å². The van der Waals surface area contributed by atoms with Gasteiger partial charge in [0.25, 0.3) is 0 Å². The monoisotopic (exact) mass is 127 g/mol. The van der Waals surface area contributed by atoms with Crippen molar-refractivity contribution in [1.82, 2.24) is 0 Å². The summed E-state index contributed by atoms with van der Waals surface area (Å²) in [6.07, 6.45) is 1.89. The number of carbonyl (C=O) groups is 1. The zero-order valence-electron chi connectivity index (χ0n) is 5.40. The first kappa shape index (κ1) is 7.89. The number of hydrogen-bond donors (Lipinski definition) is 0. The third kappa shape index (κ3) is 2.26. The predicted octanol–water partition coefficient (Wildman–Crippen LogP) is 1.12. The molecule has 0 bridgehead atoms. The Kier molecular flexibility index (Phi) is 3.78. The number of rotatable bonds is 3. The molecule has 0 aliphatic carbocycles. The van der Waals surface area contributed by atoms with Gasteiger partial charge in [0.2, 0.25) is 0 Å². The van der Waals surface area contributed by atoms with E-state index in [1.165, 1.54) is 0 Å². The average molecular weight is 127 g/mol. The van der Waals surface area contributed by atoms with Gasteiger partial charge in [0, 0.05) is 5.92 Å². The molecule has 0 fully saturated rings. The molecule has 45 valence electrons. The Morgan fingerprint density at radius 1 is 1.50 bits per heavy atom. The van der Waals surface area contributed by atoms with Crippen molar-refractivity contribution >= 4 is 15.6 Å². The van der Waals surface area contributed by atoms with E-state index < -0.39 is 0 Å². The molecule has 0 aliphatic rings. The van der Waals surface area contributed by atoms with Gasteiger partial charge in [-0.1, -0.05) is 13.8 Å². The lowest BCUT2D eigenvalue weighted by atomic mass is 10.1. The van der Waals surface area contributed by atoms with E-state index in [1.807, 2.05) is 13.8 Å².